The average molecular weight is 497 g/mol. The number of hydrogen-bond acceptors (Lipinski definition) is 4. The van der Waals surface area contributed by atoms with Gasteiger partial charge >= 0.3 is 0 Å². The third-order valence-electron chi connectivity index (χ3n) is 3.36. The molecule has 27 heavy (non-hydrogen) atoms. The molecule has 0 atom stereocenters. The number of hydrazone groups is 1. The van der Waals surface area contributed by atoms with Gasteiger partial charge in [0, 0.05) is 15.9 Å². The highest BCUT2D eigenvalue weighted by Crippen LogP contribution is 2.25. The first-order valence-corrected chi connectivity index (χ1v) is 9.68. The van der Waals surface area contributed by atoms with Crippen molar-refractivity contribution < 1.29 is 14.3 Å². The Morgan fingerprint density at radius 1 is 1.07 bits per heavy atom. The summed E-state index contributed by atoms with van der Waals surface area (Å²) in [6.45, 7) is 3.45. The summed E-state index contributed by atoms with van der Waals surface area (Å²) in [4.78, 5) is 23.8. The van der Waals surface area contributed by atoms with Gasteiger partial charge in [-0.15, -0.1) is 0 Å². The molecule has 0 fully saturated rings. The van der Waals surface area contributed by atoms with Crippen LogP contribution in [0.4, 0.5) is 5.69 Å². The monoisotopic (exact) mass is 495 g/mol. The van der Waals surface area contributed by atoms with E-state index in [1.165, 1.54) is 0 Å². The Morgan fingerprint density at radius 3 is 2.44 bits per heavy atom. The van der Waals surface area contributed by atoms with Crippen molar-refractivity contribution in [2.75, 3.05) is 11.9 Å². The molecule has 0 bridgehead atoms. The molecule has 2 aromatic rings. The van der Waals surface area contributed by atoms with Crippen molar-refractivity contribution in [1.82, 2.24) is 5.43 Å². The summed E-state index contributed by atoms with van der Waals surface area (Å²) < 4.78 is 7.15. The van der Waals surface area contributed by atoms with Gasteiger partial charge in [0.1, 0.15) is 5.75 Å². The second-order valence-corrected chi connectivity index (χ2v) is 7.61. The standard InChI is InChI=1S/C19H19Br2N3O3/c1-12-3-8-17(16(21)9-12)27-11-19(26)24-23-13(2)10-18(25)22-15-6-4-14(20)5-7-15/h3-9H,10-11H2,1-2H3,(H,22,25)(H,24,26). The lowest BCUT2D eigenvalue weighted by atomic mass is 10.2. The molecule has 2 rings (SSSR count). The summed E-state index contributed by atoms with van der Waals surface area (Å²) >= 11 is 6.72. The number of halogens is 2. The van der Waals surface area contributed by atoms with Gasteiger partial charge < -0.3 is 10.1 Å². The van der Waals surface area contributed by atoms with E-state index in [2.05, 4.69) is 47.7 Å². The summed E-state index contributed by atoms with van der Waals surface area (Å²) in [7, 11) is 0. The first-order valence-electron chi connectivity index (χ1n) is 8.10. The van der Waals surface area contributed by atoms with E-state index < -0.39 is 5.91 Å². The minimum Gasteiger partial charge on any atom is -0.483 e. The Morgan fingerprint density at radius 2 is 1.78 bits per heavy atom. The number of hydrogen-bond donors (Lipinski definition) is 2. The highest BCUT2D eigenvalue weighted by Gasteiger charge is 2.07. The van der Waals surface area contributed by atoms with Crippen molar-refractivity contribution in [3.63, 3.8) is 0 Å². The van der Waals surface area contributed by atoms with Crippen LogP contribution in [0.3, 0.4) is 0 Å². The number of amides is 2. The predicted molar refractivity (Wildman–Crippen MR) is 113 cm³/mol. The van der Waals surface area contributed by atoms with Crippen LogP contribution >= 0.6 is 31.9 Å². The third kappa shape index (κ3) is 7.52. The van der Waals surface area contributed by atoms with Crippen LogP contribution in [0.2, 0.25) is 0 Å². The molecule has 0 spiro atoms. The van der Waals surface area contributed by atoms with E-state index in [0.717, 1.165) is 14.5 Å². The van der Waals surface area contributed by atoms with Crippen LogP contribution in [0.5, 0.6) is 5.75 Å². The quantitative estimate of drug-likeness (QED) is 0.439. The SMILES string of the molecule is CC(CC(=O)Nc1ccc(Br)cc1)=NNC(=O)COc1ccc(C)cc1Br. The van der Waals surface area contributed by atoms with Gasteiger partial charge in [-0.3, -0.25) is 9.59 Å². The number of aryl methyl sites for hydroxylation is 1. The average Bonchev–Trinajstić information content (AvgIpc) is 2.61. The van der Waals surface area contributed by atoms with Crippen molar-refractivity contribution in [2.24, 2.45) is 5.10 Å². The molecule has 142 valence electrons. The van der Waals surface area contributed by atoms with Gasteiger partial charge in [0.15, 0.2) is 6.61 Å². The van der Waals surface area contributed by atoms with E-state index in [1.807, 2.05) is 31.2 Å². The number of carbonyl (C=O) groups is 2. The van der Waals surface area contributed by atoms with Crippen LogP contribution in [0.25, 0.3) is 0 Å². The first kappa shape index (κ1) is 21.1. The van der Waals surface area contributed by atoms with Gasteiger partial charge in [0.2, 0.25) is 5.91 Å². The molecular formula is C19H19Br2N3O3. The maximum Gasteiger partial charge on any atom is 0.277 e. The second-order valence-electron chi connectivity index (χ2n) is 5.84. The van der Waals surface area contributed by atoms with Crippen LogP contribution in [0, 0.1) is 6.92 Å². The molecule has 0 saturated heterocycles. The van der Waals surface area contributed by atoms with Crippen molar-refractivity contribution in [2.45, 2.75) is 20.3 Å². The molecule has 0 unspecified atom stereocenters. The second kappa shape index (κ2) is 10.2. The molecule has 0 aromatic heterocycles. The molecule has 2 N–H and O–H groups in total. The lowest BCUT2D eigenvalue weighted by molar-refractivity contribution is -0.123. The Balaban J connectivity index is 1.77. The predicted octanol–water partition coefficient (Wildman–Crippen LogP) is 4.42. The number of carbonyl (C=O) groups excluding carboxylic acids is 2. The number of anilines is 1. The molecular weight excluding hydrogens is 478 g/mol. The van der Waals surface area contributed by atoms with Crippen molar-refractivity contribution in [3.05, 3.63) is 57.0 Å². The molecule has 0 aliphatic rings. The zero-order valence-corrected chi connectivity index (χ0v) is 18.1. The van der Waals surface area contributed by atoms with Gasteiger partial charge in [-0.25, -0.2) is 5.43 Å². The van der Waals surface area contributed by atoms with Gasteiger partial charge in [-0.1, -0.05) is 22.0 Å². The minimum absolute atomic E-state index is 0.0702. The summed E-state index contributed by atoms with van der Waals surface area (Å²) in [5, 5.41) is 6.69. The fraction of sp³-hybridized carbons (Fsp3) is 0.211. The molecule has 0 saturated carbocycles. The molecule has 6 nitrogen and oxygen atoms in total. The molecule has 0 aliphatic carbocycles. The van der Waals surface area contributed by atoms with E-state index in [-0.39, 0.29) is 18.9 Å². The first-order chi connectivity index (χ1) is 12.8. The maximum atomic E-state index is 12.0. The van der Waals surface area contributed by atoms with Crippen LogP contribution < -0.4 is 15.5 Å². The Hall–Kier alpha value is -2.19. The summed E-state index contributed by atoms with van der Waals surface area (Å²) in [6.07, 6.45) is 0.0702. The smallest absolute Gasteiger partial charge is 0.277 e. The number of nitrogens with one attached hydrogen (secondary N) is 2. The lowest BCUT2D eigenvalue weighted by Gasteiger charge is -2.08. The normalized spacial score (nSPS) is 11.0. The van der Waals surface area contributed by atoms with Gasteiger partial charge in [-0.2, -0.15) is 5.10 Å². The van der Waals surface area contributed by atoms with Crippen LogP contribution in [0.1, 0.15) is 18.9 Å². The number of nitrogens with zero attached hydrogens (tertiary/aromatic N) is 1. The Bertz CT molecular complexity index is 852. The maximum absolute atomic E-state index is 12.0. The third-order valence-corrected chi connectivity index (χ3v) is 4.51. The van der Waals surface area contributed by atoms with Crippen LogP contribution in [-0.2, 0) is 9.59 Å². The zero-order chi connectivity index (χ0) is 19.8. The Labute approximate surface area is 174 Å². The highest BCUT2D eigenvalue weighted by molar-refractivity contribution is 9.10. The number of benzene rings is 2. The summed E-state index contributed by atoms with van der Waals surface area (Å²) in [5.74, 6) is -0.0480. The van der Waals surface area contributed by atoms with Gasteiger partial charge in [0.05, 0.1) is 10.9 Å². The molecule has 2 amide bonds. The van der Waals surface area contributed by atoms with E-state index in [1.54, 1.807) is 25.1 Å². The van der Waals surface area contributed by atoms with E-state index in [0.29, 0.717) is 17.1 Å². The Kier molecular flexibility index (Phi) is 7.99. The van der Waals surface area contributed by atoms with Crippen LogP contribution in [0.15, 0.2) is 56.5 Å². The fourth-order valence-electron chi connectivity index (χ4n) is 2.07. The molecule has 0 radical (unpaired) electrons. The zero-order valence-electron chi connectivity index (χ0n) is 14.9. The van der Waals surface area contributed by atoms with E-state index in [4.69, 9.17) is 4.74 Å². The van der Waals surface area contributed by atoms with Gasteiger partial charge in [0.25, 0.3) is 5.91 Å². The fourth-order valence-corrected chi connectivity index (χ4v) is 2.94. The summed E-state index contributed by atoms with van der Waals surface area (Å²) in [5.41, 5.74) is 4.64. The number of ether oxygens (including phenoxy) is 1. The largest absolute Gasteiger partial charge is 0.483 e. The van der Waals surface area contributed by atoms with Crippen LogP contribution in [-0.4, -0.2) is 24.1 Å². The molecule has 0 heterocycles. The molecule has 2 aromatic carbocycles. The number of rotatable bonds is 7. The van der Waals surface area contributed by atoms with E-state index >= 15 is 0 Å². The topological polar surface area (TPSA) is 79.8 Å². The highest BCUT2D eigenvalue weighted by atomic mass is 79.9. The molecule has 0 aliphatic heterocycles. The van der Waals surface area contributed by atoms with Crippen molar-refractivity contribution in [1.29, 1.82) is 0 Å². The van der Waals surface area contributed by atoms with E-state index in [9.17, 15) is 9.59 Å². The van der Waals surface area contributed by atoms with Gasteiger partial charge in [-0.05, 0) is 71.7 Å². The van der Waals surface area contributed by atoms with Crippen molar-refractivity contribution in [3.8, 4) is 5.75 Å². The molecule has 8 heteroatoms. The minimum atomic E-state index is -0.407. The lowest BCUT2D eigenvalue weighted by Crippen LogP contribution is -2.26. The van der Waals surface area contributed by atoms with Crippen molar-refractivity contribution >= 4 is 55.1 Å². The summed E-state index contributed by atoms with van der Waals surface area (Å²) in [6, 6.07) is 12.8.